The standard InChI is InChI=1S/C30H49PSi/c1-2-3-4-5-6-7-8-9-10-11-12-13-14-15-16-23-28-32-31(29-24-19-17-20-25-29)30-26-21-18-22-27-30/h17-22,24-27H,2-16,23,28,32H2,1H3. The number of benzene rings is 2. The van der Waals surface area contributed by atoms with Crippen LogP contribution in [0, 0.1) is 0 Å². The Bertz CT molecular complexity index is 603. The van der Waals surface area contributed by atoms with E-state index in [1.807, 2.05) is 0 Å². The molecule has 0 fully saturated rings. The van der Waals surface area contributed by atoms with Gasteiger partial charge in [0.25, 0.3) is 0 Å². The van der Waals surface area contributed by atoms with Crippen molar-refractivity contribution in [2.24, 2.45) is 0 Å². The van der Waals surface area contributed by atoms with Gasteiger partial charge in [0.15, 0.2) is 0 Å². The summed E-state index contributed by atoms with van der Waals surface area (Å²) in [5.74, 6) is 0. The third-order valence-electron chi connectivity index (χ3n) is 6.62. The average Bonchev–Trinajstić information content (AvgIpc) is 2.84. The number of unbranched alkanes of at least 4 members (excludes halogenated alkanes) is 15. The molecule has 0 aromatic heterocycles. The first kappa shape index (κ1) is 27.3. The van der Waals surface area contributed by atoms with Crippen molar-refractivity contribution >= 4 is 27.3 Å². The monoisotopic (exact) mass is 468 g/mol. The zero-order valence-electron chi connectivity index (χ0n) is 20.9. The van der Waals surface area contributed by atoms with Gasteiger partial charge in [-0.15, -0.1) is 0 Å². The van der Waals surface area contributed by atoms with Gasteiger partial charge < -0.3 is 0 Å². The number of hydrogen-bond donors (Lipinski definition) is 0. The fraction of sp³-hybridized carbons (Fsp3) is 0.600. The molecule has 0 atom stereocenters. The predicted molar refractivity (Wildman–Crippen MR) is 152 cm³/mol. The van der Waals surface area contributed by atoms with Crippen molar-refractivity contribution in [3.63, 3.8) is 0 Å². The maximum atomic E-state index is 2.36. The number of hydrogen-bond acceptors (Lipinski definition) is 0. The lowest BCUT2D eigenvalue weighted by Gasteiger charge is -2.18. The fourth-order valence-corrected chi connectivity index (χ4v) is 11.8. The van der Waals surface area contributed by atoms with Crippen molar-refractivity contribution in [1.29, 1.82) is 0 Å². The highest BCUT2D eigenvalue weighted by Crippen LogP contribution is 2.33. The second-order valence-corrected chi connectivity index (χ2v) is 15.8. The topological polar surface area (TPSA) is 0 Å². The molecular formula is C30H49PSi. The molecule has 32 heavy (non-hydrogen) atoms. The minimum absolute atomic E-state index is 0.0556. The van der Waals surface area contributed by atoms with E-state index in [0.717, 1.165) is 0 Å². The Hall–Kier alpha value is -0.913. The number of rotatable bonds is 20. The van der Waals surface area contributed by atoms with Crippen LogP contribution in [0.4, 0.5) is 0 Å². The Morgan fingerprint density at radius 3 is 1.19 bits per heavy atom. The molecule has 0 spiro atoms. The van der Waals surface area contributed by atoms with Gasteiger partial charge in [-0.1, -0.05) is 184 Å². The van der Waals surface area contributed by atoms with Gasteiger partial charge >= 0.3 is 0 Å². The van der Waals surface area contributed by atoms with Crippen LogP contribution in [0.3, 0.4) is 0 Å². The molecule has 178 valence electrons. The van der Waals surface area contributed by atoms with Crippen LogP contribution in [0.2, 0.25) is 6.04 Å². The summed E-state index contributed by atoms with van der Waals surface area (Å²) in [7, 11) is -0.127. The van der Waals surface area contributed by atoms with Gasteiger partial charge in [-0.3, -0.25) is 0 Å². The summed E-state index contributed by atoms with van der Waals surface area (Å²) in [6.45, 7) is 2.30. The Kier molecular flexibility index (Phi) is 16.7. The molecule has 0 radical (unpaired) electrons. The molecule has 0 saturated heterocycles. The van der Waals surface area contributed by atoms with Crippen LogP contribution in [0.15, 0.2) is 60.7 Å². The fourth-order valence-electron chi connectivity index (χ4n) is 4.62. The molecule has 2 rings (SSSR count). The molecule has 2 heteroatoms. The van der Waals surface area contributed by atoms with Crippen LogP contribution >= 0.6 is 7.47 Å². The highest BCUT2D eigenvalue weighted by molar-refractivity contribution is 7.97. The van der Waals surface area contributed by atoms with Gasteiger partial charge in [-0.05, 0) is 10.6 Å². The molecule has 2 aromatic rings. The first-order valence-electron chi connectivity index (χ1n) is 13.8. The van der Waals surface area contributed by atoms with Crippen LogP contribution in [-0.2, 0) is 0 Å². The van der Waals surface area contributed by atoms with Gasteiger partial charge in [-0.2, -0.15) is 0 Å². The molecular weight excluding hydrogens is 419 g/mol. The summed E-state index contributed by atoms with van der Waals surface area (Å²) in [6.07, 6.45) is 23.4. The average molecular weight is 469 g/mol. The Balaban J connectivity index is 1.44. The zero-order chi connectivity index (χ0) is 22.5. The minimum atomic E-state index is -0.0711. The quantitative estimate of drug-likeness (QED) is 0.103. The van der Waals surface area contributed by atoms with Gasteiger partial charge in [0, 0.05) is 0 Å². The van der Waals surface area contributed by atoms with Crippen LogP contribution in [0.5, 0.6) is 0 Å². The zero-order valence-corrected chi connectivity index (χ0v) is 23.3. The van der Waals surface area contributed by atoms with Crippen molar-refractivity contribution in [2.45, 2.75) is 116 Å². The van der Waals surface area contributed by atoms with E-state index in [2.05, 4.69) is 67.6 Å². The second-order valence-electron chi connectivity index (χ2n) is 9.48. The Morgan fingerprint density at radius 2 is 0.812 bits per heavy atom. The van der Waals surface area contributed by atoms with E-state index in [9.17, 15) is 0 Å². The van der Waals surface area contributed by atoms with E-state index in [1.54, 1.807) is 10.6 Å². The van der Waals surface area contributed by atoms with Gasteiger partial charge in [0.05, 0.1) is 9.19 Å². The van der Waals surface area contributed by atoms with Crippen molar-refractivity contribution in [2.75, 3.05) is 0 Å². The second kappa shape index (κ2) is 19.5. The maximum Gasteiger partial charge on any atom is 0.0601 e. The summed E-state index contributed by atoms with van der Waals surface area (Å²) < 4.78 is 0. The van der Waals surface area contributed by atoms with Gasteiger partial charge in [0.2, 0.25) is 0 Å². The van der Waals surface area contributed by atoms with E-state index in [-0.39, 0.29) is 16.7 Å². The van der Waals surface area contributed by atoms with E-state index in [1.165, 1.54) is 109 Å². The largest absolute Gasteiger partial charge is 0.0654 e. The smallest absolute Gasteiger partial charge is 0.0601 e. The van der Waals surface area contributed by atoms with Crippen LogP contribution in [0.1, 0.15) is 110 Å². The molecule has 0 heterocycles. The van der Waals surface area contributed by atoms with Gasteiger partial charge in [-0.25, -0.2) is 0 Å². The lowest BCUT2D eigenvalue weighted by atomic mass is 10.0. The highest BCUT2D eigenvalue weighted by atomic mass is 31.4. The predicted octanol–water partition coefficient (Wildman–Crippen LogP) is 8.88. The molecule has 2 aromatic carbocycles. The maximum absolute atomic E-state index is 2.36. The first-order chi connectivity index (χ1) is 15.9. The summed E-state index contributed by atoms with van der Waals surface area (Å²) in [6, 6.07) is 24.1. The SMILES string of the molecule is CCCCCCCCCCCCCCCCCC[SiH2]P(c1ccccc1)c1ccccc1. The van der Waals surface area contributed by atoms with E-state index < -0.39 is 0 Å². The van der Waals surface area contributed by atoms with E-state index in [4.69, 9.17) is 0 Å². The minimum Gasteiger partial charge on any atom is -0.0654 e. The molecule has 0 aliphatic carbocycles. The van der Waals surface area contributed by atoms with Gasteiger partial charge in [0.1, 0.15) is 0 Å². The summed E-state index contributed by atoms with van der Waals surface area (Å²) in [5.41, 5.74) is 0. The van der Waals surface area contributed by atoms with Crippen molar-refractivity contribution in [3.05, 3.63) is 60.7 Å². The highest BCUT2D eigenvalue weighted by Gasteiger charge is 2.12. The lowest BCUT2D eigenvalue weighted by molar-refractivity contribution is 0.531. The Labute approximate surface area is 203 Å². The molecule has 0 amide bonds. The molecule has 0 aliphatic heterocycles. The Morgan fingerprint density at radius 1 is 0.469 bits per heavy atom. The third kappa shape index (κ3) is 13.0. The first-order valence-corrected chi connectivity index (χ1v) is 18.2. The molecule has 0 unspecified atom stereocenters. The van der Waals surface area contributed by atoms with Crippen molar-refractivity contribution in [3.8, 4) is 0 Å². The molecule has 0 bridgehead atoms. The van der Waals surface area contributed by atoms with E-state index in [0.29, 0.717) is 0 Å². The molecule has 0 nitrogen and oxygen atoms in total. The van der Waals surface area contributed by atoms with Crippen LogP contribution in [0.25, 0.3) is 0 Å². The van der Waals surface area contributed by atoms with Crippen molar-refractivity contribution in [1.82, 2.24) is 0 Å². The van der Waals surface area contributed by atoms with Crippen molar-refractivity contribution < 1.29 is 0 Å². The lowest BCUT2D eigenvalue weighted by Crippen LogP contribution is -2.15. The summed E-state index contributed by atoms with van der Waals surface area (Å²) in [5, 5.41) is 3.19. The molecule has 0 aliphatic rings. The van der Waals surface area contributed by atoms with E-state index >= 15 is 0 Å². The normalized spacial score (nSPS) is 11.7. The molecule has 0 N–H and O–H groups in total. The summed E-state index contributed by atoms with van der Waals surface area (Å²) in [4.78, 5) is 0. The van der Waals surface area contributed by atoms with Crippen LogP contribution in [-0.4, -0.2) is 9.19 Å². The summed E-state index contributed by atoms with van der Waals surface area (Å²) >= 11 is 0. The molecule has 0 saturated carbocycles. The van der Waals surface area contributed by atoms with Crippen LogP contribution < -0.4 is 10.6 Å². The third-order valence-corrected chi connectivity index (χ3v) is 14.2.